The monoisotopic (exact) mass is 243 g/mol. The van der Waals surface area contributed by atoms with Crippen molar-refractivity contribution in [3.63, 3.8) is 0 Å². The predicted octanol–water partition coefficient (Wildman–Crippen LogP) is 3.01. The van der Waals surface area contributed by atoms with Gasteiger partial charge in [-0.1, -0.05) is 39.0 Å². The maximum atomic E-state index is 4.55. The lowest BCUT2D eigenvalue weighted by Crippen LogP contribution is -2.26. The Morgan fingerprint density at radius 2 is 1.83 bits per heavy atom. The van der Waals surface area contributed by atoms with Gasteiger partial charge in [-0.25, -0.2) is 4.68 Å². The molecule has 3 heteroatoms. The van der Waals surface area contributed by atoms with Crippen molar-refractivity contribution in [2.75, 3.05) is 6.54 Å². The first kappa shape index (κ1) is 12.8. The van der Waals surface area contributed by atoms with Crippen LogP contribution in [0, 0.1) is 5.41 Å². The van der Waals surface area contributed by atoms with Crippen LogP contribution in [-0.2, 0) is 6.54 Å². The zero-order chi connectivity index (χ0) is 13.0. The number of para-hydroxylation sites is 1. The van der Waals surface area contributed by atoms with Crippen molar-refractivity contribution in [2.45, 2.75) is 27.3 Å². The molecule has 0 fully saturated rings. The van der Waals surface area contributed by atoms with Crippen LogP contribution >= 0.6 is 0 Å². The Bertz CT molecular complexity index is 480. The third-order valence-corrected chi connectivity index (χ3v) is 2.63. The van der Waals surface area contributed by atoms with Crippen LogP contribution in [0.4, 0.5) is 0 Å². The number of rotatable bonds is 4. The van der Waals surface area contributed by atoms with Gasteiger partial charge in [0.2, 0.25) is 0 Å². The number of hydrogen-bond donors (Lipinski definition) is 1. The van der Waals surface area contributed by atoms with Crippen molar-refractivity contribution in [3.8, 4) is 5.69 Å². The zero-order valence-corrected chi connectivity index (χ0v) is 11.4. The molecule has 0 radical (unpaired) electrons. The topological polar surface area (TPSA) is 29.9 Å². The number of aromatic nitrogens is 2. The molecule has 2 rings (SSSR count). The van der Waals surface area contributed by atoms with Gasteiger partial charge < -0.3 is 5.32 Å². The third kappa shape index (κ3) is 3.70. The van der Waals surface area contributed by atoms with Gasteiger partial charge in [-0.2, -0.15) is 5.10 Å². The molecule has 2 aromatic rings. The van der Waals surface area contributed by atoms with Crippen LogP contribution in [0.5, 0.6) is 0 Å². The molecule has 0 aliphatic rings. The van der Waals surface area contributed by atoms with Gasteiger partial charge in [0.15, 0.2) is 0 Å². The molecule has 0 aliphatic heterocycles. The van der Waals surface area contributed by atoms with E-state index in [4.69, 9.17) is 0 Å². The minimum absolute atomic E-state index is 0.308. The molecule has 1 heterocycles. The molecule has 0 unspecified atom stereocenters. The van der Waals surface area contributed by atoms with Crippen molar-refractivity contribution in [1.82, 2.24) is 15.1 Å². The second-order valence-electron chi connectivity index (χ2n) is 5.75. The summed E-state index contributed by atoms with van der Waals surface area (Å²) in [5.41, 5.74) is 2.48. The van der Waals surface area contributed by atoms with E-state index >= 15 is 0 Å². The SMILES string of the molecule is CC(C)(C)CNCc1ccn(-c2ccccc2)n1. The fraction of sp³-hybridized carbons (Fsp3) is 0.400. The molecular weight excluding hydrogens is 222 g/mol. The minimum Gasteiger partial charge on any atom is -0.311 e. The molecule has 1 N–H and O–H groups in total. The van der Waals surface area contributed by atoms with Crippen molar-refractivity contribution >= 4 is 0 Å². The Kier molecular flexibility index (Phi) is 3.82. The van der Waals surface area contributed by atoms with Crippen LogP contribution in [0.1, 0.15) is 26.5 Å². The molecule has 0 bridgehead atoms. The van der Waals surface area contributed by atoms with Crippen molar-refractivity contribution in [2.24, 2.45) is 5.41 Å². The summed E-state index contributed by atoms with van der Waals surface area (Å²) in [5.74, 6) is 0. The van der Waals surface area contributed by atoms with Crippen LogP contribution in [0.15, 0.2) is 42.6 Å². The molecule has 0 spiro atoms. The van der Waals surface area contributed by atoms with Crippen LogP contribution in [0.3, 0.4) is 0 Å². The Morgan fingerprint density at radius 3 is 2.50 bits per heavy atom. The highest BCUT2D eigenvalue weighted by Crippen LogP contribution is 2.11. The van der Waals surface area contributed by atoms with Gasteiger partial charge in [0.25, 0.3) is 0 Å². The molecule has 1 aromatic carbocycles. The Morgan fingerprint density at radius 1 is 1.11 bits per heavy atom. The van der Waals surface area contributed by atoms with Gasteiger partial charge in [0.05, 0.1) is 11.4 Å². The fourth-order valence-corrected chi connectivity index (χ4v) is 1.75. The van der Waals surface area contributed by atoms with E-state index in [1.807, 2.05) is 29.1 Å². The first-order valence-electron chi connectivity index (χ1n) is 6.35. The minimum atomic E-state index is 0.308. The summed E-state index contributed by atoms with van der Waals surface area (Å²) in [4.78, 5) is 0. The highest BCUT2D eigenvalue weighted by atomic mass is 15.3. The molecule has 18 heavy (non-hydrogen) atoms. The van der Waals surface area contributed by atoms with Gasteiger partial charge in [-0.3, -0.25) is 0 Å². The van der Waals surface area contributed by atoms with E-state index in [1.54, 1.807) is 0 Å². The van der Waals surface area contributed by atoms with E-state index < -0.39 is 0 Å². The molecule has 3 nitrogen and oxygen atoms in total. The number of nitrogens with one attached hydrogen (secondary N) is 1. The first-order chi connectivity index (χ1) is 8.54. The Labute approximate surface area is 109 Å². The molecule has 1 aromatic heterocycles. The number of nitrogens with zero attached hydrogens (tertiary/aromatic N) is 2. The van der Waals surface area contributed by atoms with E-state index in [0.29, 0.717) is 5.41 Å². The summed E-state index contributed by atoms with van der Waals surface area (Å²) in [6, 6.07) is 12.2. The van der Waals surface area contributed by atoms with Gasteiger partial charge in [0, 0.05) is 19.3 Å². The van der Waals surface area contributed by atoms with Gasteiger partial charge in [0.1, 0.15) is 0 Å². The van der Waals surface area contributed by atoms with Crippen molar-refractivity contribution in [3.05, 3.63) is 48.3 Å². The van der Waals surface area contributed by atoms with Gasteiger partial charge >= 0.3 is 0 Å². The lowest BCUT2D eigenvalue weighted by atomic mass is 9.97. The summed E-state index contributed by atoms with van der Waals surface area (Å²) in [7, 11) is 0. The molecule has 0 aliphatic carbocycles. The molecule has 0 saturated carbocycles. The third-order valence-electron chi connectivity index (χ3n) is 2.63. The maximum Gasteiger partial charge on any atom is 0.0766 e. The Hall–Kier alpha value is -1.61. The first-order valence-corrected chi connectivity index (χ1v) is 6.35. The maximum absolute atomic E-state index is 4.55. The van der Waals surface area contributed by atoms with Crippen LogP contribution in [-0.4, -0.2) is 16.3 Å². The number of hydrogen-bond acceptors (Lipinski definition) is 2. The second kappa shape index (κ2) is 5.36. The van der Waals surface area contributed by atoms with E-state index in [2.05, 4.69) is 49.4 Å². The van der Waals surface area contributed by atoms with E-state index in [9.17, 15) is 0 Å². The van der Waals surface area contributed by atoms with Crippen LogP contribution < -0.4 is 5.32 Å². The molecule has 0 saturated heterocycles. The van der Waals surface area contributed by atoms with E-state index in [-0.39, 0.29) is 0 Å². The van der Waals surface area contributed by atoms with Crippen molar-refractivity contribution in [1.29, 1.82) is 0 Å². The standard InChI is InChI=1S/C15H21N3/c1-15(2,3)12-16-11-13-9-10-18(17-13)14-7-5-4-6-8-14/h4-10,16H,11-12H2,1-3H3. The lowest BCUT2D eigenvalue weighted by molar-refractivity contribution is 0.378. The van der Waals surface area contributed by atoms with E-state index in [0.717, 1.165) is 24.5 Å². The zero-order valence-electron chi connectivity index (χ0n) is 11.4. The quantitative estimate of drug-likeness (QED) is 0.894. The summed E-state index contributed by atoms with van der Waals surface area (Å²) in [6.07, 6.45) is 2.00. The summed E-state index contributed by atoms with van der Waals surface area (Å²) >= 11 is 0. The predicted molar refractivity (Wildman–Crippen MR) is 74.7 cm³/mol. The van der Waals surface area contributed by atoms with Gasteiger partial charge in [-0.15, -0.1) is 0 Å². The van der Waals surface area contributed by atoms with E-state index in [1.165, 1.54) is 0 Å². The summed E-state index contributed by atoms with van der Waals surface area (Å²) in [6.45, 7) is 8.48. The average Bonchev–Trinajstić information content (AvgIpc) is 2.77. The van der Waals surface area contributed by atoms with Crippen molar-refractivity contribution < 1.29 is 0 Å². The number of benzene rings is 1. The molecule has 96 valence electrons. The second-order valence-corrected chi connectivity index (χ2v) is 5.75. The van der Waals surface area contributed by atoms with Crippen LogP contribution in [0.25, 0.3) is 5.69 Å². The largest absolute Gasteiger partial charge is 0.311 e. The highest BCUT2D eigenvalue weighted by molar-refractivity contribution is 5.30. The summed E-state index contributed by atoms with van der Waals surface area (Å²) < 4.78 is 1.91. The fourth-order valence-electron chi connectivity index (χ4n) is 1.75. The molecule has 0 amide bonds. The normalized spacial score (nSPS) is 11.7. The lowest BCUT2D eigenvalue weighted by Gasteiger charge is -2.18. The average molecular weight is 243 g/mol. The summed E-state index contributed by atoms with van der Waals surface area (Å²) in [5, 5.41) is 7.98. The smallest absolute Gasteiger partial charge is 0.0766 e. The molecule has 0 atom stereocenters. The Balaban J connectivity index is 1.95. The van der Waals surface area contributed by atoms with Gasteiger partial charge in [-0.05, 0) is 23.6 Å². The van der Waals surface area contributed by atoms with Crippen LogP contribution in [0.2, 0.25) is 0 Å². The highest BCUT2D eigenvalue weighted by Gasteiger charge is 2.09. The molecular formula is C15H21N3.